The number of aromatic nitrogens is 5. The molecule has 3 heterocycles. The molecule has 0 saturated carbocycles. The van der Waals surface area contributed by atoms with Gasteiger partial charge in [-0.15, -0.1) is 0 Å². The molecule has 3 aromatic rings. The first-order valence-electron chi connectivity index (χ1n) is 11.6. The van der Waals surface area contributed by atoms with E-state index in [1.807, 2.05) is 0 Å². The van der Waals surface area contributed by atoms with E-state index in [9.17, 15) is 19.2 Å². The van der Waals surface area contributed by atoms with Crippen LogP contribution in [0.4, 0.5) is 0 Å². The molecule has 14 heteroatoms. The second kappa shape index (κ2) is 16.0. The van der Waals surface area contributed by atoms with Gasteiger partial charge in [0, 0.05) is 31.2 Å². The summed E-state index contributed by atoms with van der Waals surface area (Å²) in [5.74, 6) is -0.563. The number of esters is 2. The topological polar surface area (TPSA) is 154 Å². The number of ether oxygens (including phenoxy) is 2. The lowest BCUT2D eigenvalue weighted by molar-refractivity contribution is -0.144. The SMILES string of the molecule is CCOC(=O)CCCC(=O)Cc1c(Cl)ncnc1Cl.CCOC(=O)CCCc1nc2c(=O)[nH]cnc2s1. The largest absolute Gasteiger partial charge is 0.466 e. The highest BCUT2D eigenvalue weighted by molar-refractivity contribution is 7.18. The first-order valence-corrected chi connectivity index (χ1v) is 13.1. The summed E-state index contributed by atoms with van der Waals surface area (Å²) in [4.78, 5) is 64.3. The van der Waals surface area contributed by atoms with Gasteiger partial charge in [-0.3, -0.25) is 19.2 Å². The maximum absolute atomic E-state index is 11.7. The van der Waals surface area contributed by atoms with Crippen molar-refractivity contribution in [3.63, 3.8) is 0 Å². The number of fused-ring (bicyclic) bond motifs is 1. The fourth-order valence-corrected chi connectivity index (χ4v) is 4.39. The van der Waals surface area contributed by atoms with Crippen molar-refractivity contribution in [1.29, 1.82) is 0 Å². The molecule has 37 heavy (non-hydrogen) atoms. The van der Waals surface area contributed by atoms with Crippen molar-refractivity contribution in [3.05, 3.63) is 43.9 Å². The highest BCUT2D eigenvalue weighted by atomic mass is 35.5. The van der Waals surface area contributed by atoms with E-state index >= 15 is 0 Å². The number of hydrogen-bond acceptors (Lipinski definition) is 11. The summed E-state index contributed by atoms with van der Waals surface area (Å²) < 4.78 is 9.60. The highest BCUT2D eigenvalue weighted by Gasteiger charge is 2.13. The Labute approximate surface area is 227 Å². The van der Waals surface area contributed by atoms with Gasteiger partial charge in [0.05, 0.1) is 24.5 Å². The number of nitrogens with one attached hydrogen (secondary N) is 1. The number of rotatable bonds is 12. The van der Waals surface area contributed by atoms with Crippen LogP contribution in [0.1, 0.15) is 56.5 Å². The fourth-order valence-electron chi connectivity index (χ4n) is 3.00. The molecule has 1 N–H and O–H groups in total. The first-order chi connectivity index (χ1) is 17.7. The van der Waals surface area contributed by atoms with Gasteiger partial charge in [0.1, 0.15) is 22.4 Å². The molecular formula is C23H27Cl2N5O6S. The number of H-pyrrole nitrogens is 1. The summed E-state index contributed by atoms with van der Waals surface area (Å²) in [6, 6.07) is 0. The van der Waals surface area contributed by atoms with E-state index in [4.69, 9.17) is 32.7 Å². The minimum atomic E-state index is -0.297. The lowest BCUT2D eigenvalue weighted by Crippen LogP contribution is -2.08. The zero-order chi connectivity index (χ0) is 27.2. The van der Waals surface area contributed by atoms with Crippen molar-refractivity contribution in [1.82, 2.24) is 24.9 Å². The number of thiazole rings is 1. The third kappa shape index (κ3) is 10.5. The van der Waals surface area contributed by atoms with Crippen LogP contribution in [0.3, 0.4) is 0 Å². The quantitative estimate of drug-likeness (QED) is 0.250. The number of nitrogens with zero attached hydrogens (tertiary/aromatic N) is 4. The Morgan fingerprint density at radius 1 is 0.946 bits per heavy atom. The minimum absolute atomic E-state index is 0.0668. The van der Waals surface area contributed by atoms with Crippen molar-refractivity contribution in [2.75, 3.05) is 13.2 Å². The molecule has 0 saturated heterocycles. The van der Waals surface area contributed by atoms with Crippen LogP contribution >= 0.6 is 34.5 Å². The monoisotopic (exact) mass is 571 g/mol. The molecule has 0 aromatic carbocycles. The van der Waals surface area contributed by atoms with Crippen molar-refractivity contribution in [2.45, 2.75) is 58.8 Å². The molecule has 0 atom stereocenters. The summed E-state index contributed by atoms with van der Waals surface area (Å²) in [5, 5.41) is 1.18. The van der Waals surface area contributed by atoms with Crippen LogP contribution in [0.2, 0.25) is 10.3 Å². The lowest BCUT2D eigenvalue weighted by Gasteiger charge is -2.04. The molecule has 3 aromatic heterocycles. The predicted molar refractivity (Wildman–Crippen MR) is 139 cm³/mol. The Balaban J connectivity index is 0.000000260. The summed E-state index contributed by atoms with van der Waals surface area (Å²) in [7, 11) is 0. The zero-order valence-electron chi connectivity index (χ0n) is 20.4. The van der Waals surface area contributed by atoms with Crippen LogP contribution in [-0.4, -0.2) is 55.9 Å². The molecule has 0 aliphatic carbocycles. The summed E-state index contributed by atoms with van der Waals surface area (Å²) >= 11 is 13.1. The zero-order valence-corrected chi connectivity index (χ0v) is 22.7. The van der Waals surface area contributed by atoms with Gasteiger partial charge in [-0.2, -0.15) is 0 Å². The molecule has 11 nitrogen and oxygen atoms in total. The Morgan fingerprint density at radius 3 is 2.16 bits per heavy atom. The van der Waals surface area contributed by atoms with Crippen molar-refractivity contribution in [2.24, 2.45) is 0 Å². The van der Waals surface area contributed by atoms with E-state index in [0.717, 1.165) is 5.01 Å². The Bertz CT molecular complexity index is 1250. The maximum atomic E-state index is 11.7. The summed E-state index contributed by atoms with van der Waals surface area (Å²) in [6.45, 7) is 4.27. The van der Waals surface area contributed by atoms with E-state index in [0.29, 0.717) is 54.8 Å². The number of carbonyl (C=O) groups excluding carboxylic acids is 3. The highest BCUT2D eigenvalue weighted by Crippen LogP contribution is 2.21. The van der Waals surface area contributed by atoms with E-state index in [1.165, 1.54) is 24.0 Å². The van der Waals surface area contributed by atoms with Crippen LogP contribution in [0, 0.1) is 0 Å². The van der Waals surface area contributed by atoms with Gasteiger partial charge in [-0.05, 0) is 33.1 Å². The lowest BCUT2D eigenvalue weighted by atomic mass is 10.1. The molecular weight excluding hydrogens is 545 g/mol. The van der Waals surface area contributed by atoms with Crippen molar-refractivity contribution >= 4 is 62.6 Å². The number of ketones is 1. The Morgan fingerprint density at radius 2 is 1.57 bits per heavy atom. The predicted octanol–water partition coefficient (Wildman–Crippen LogP) is 3.89. The molecule has 0 unspecified atom stereocenters. The number of carbonyl (C=O) groups is 3. The van der Waals surface area contributed by atoms with Crippen LogP contribution in [0.25, 0.3) is 10.3 Å². The third-order valence-corrected chi connectivity index (χ3v) is 6.35. The van der Waals surface area contributed by atoms with Crippen LogP contribution in [0.15, 0.2) is 17.4 Å². The van der Waals surface area contributed by atoms with E-state index in [2.05, 4.69) is 24.9 Å². The first kappa shape index (κ1) is 30.3. The van der Waals surface area contributed by atoms with Gasteiger partial charge < -0.3 is 14.5 Å². The Kier molecular flexibility index (Phi) is 13.1. The van der Waals surface area contributed by atoms with Gasteiger partial charge in [0.2, 0.25) is 0 Å². The molecule has 3 rings (SSSR count). The summed E-state index contributed by atoms with van der Waals surface area (Å²) in [6.07, 6.45) is 5.29. The van der Waals surface area contributed by atoms with E-state index in [1.54, 1.807) is 13.8 Å². The summed E-state index contributed by atoms with van der Waals surface area (Å²) in [5.41, 5.74) is 0.563. The van der Waals surface area contributed by atoms with Crippen molar-refractivity contribution in [3.8, 4) is 0 Å². The van der Waals surface area contributed by atoms with Gasteiger partial charge in [-0.25, -0.2) is 19.9 Å². The third-order valence-electron chi connectivity index (χ3n) is 4.68. The van der Waals surface area contributed by atoms with Crippen molar-refractivity contribution < 1.29 is 23.9 Å². The molecule has 0 amide bonds. The van der Waals surface area contributed by atoms with E-state index in [-0.39, 0.29) is 52.8 Å². The van der Waals surface area contributed by atoms with Crippen LogP contribution < -0.4 is 5.56 Å². The molecule has 0 aliphatic heterocycles. The fraction of sp³-hybridized carbons (Fsp3) is 0.478. The average molecular weight is 572 g/mol. The van der Waals surface area contributed by atoms with Crippen LogP contribution in [-0.2, 0) is 36.7 Å². The number of Topliss-reactive ketones (excluding diaryl/α,β-unsaturated/α-hetero) is 1. The number of hydrogen-bond donors (Lipinski definition) is 1. The molecule has 0 bridgehead atoms. The van der Waals surface area contributed by atoms with E-state index < -0.39 is 0 Å². The van der Waals surface area contributed by atoms with Gasteiger partial charge >= 0.3 is 11.9 Å². The molecule has 200 valence electrons. The molecule has 0 aliphatic rings. The van der Waals surface area contributed by atoms with Gasteiger partial charge in [0.15, 0.2) is 10.3 Å². The molecule has 0 fully saturated rings. The standard InChI is InChI=1S/C12H14Cl2N2O3.C11H13N3O3S/c1-2-19-10(18)5-3-4-8(17)6-9-11(13)15-7-16-12(9)14;1-2-17-8(15)5-3-4-7-14-9-10(16)12-6-13-11(9)18-7/h7H,2-6H2,1H3;6H,2-5H2,1H3,(H,12,13,16). The van der Waals surface area contributed by atoms with Gasteiger partial charge in [-0.1, -0.05) is 34.5 Å². The Hall–Kier alpha value is -2.96. The second-order valence-electron chi connectivity index (χ2n) is 7.46. The van der Waals surface area contributed by atoms with Gasteiger partial charge in [0.25, 0.3) is 5.56 Å². The number of halogens is 2. The number of aromatic amines is 1. The normalized spacial score (nSPS) is 10.5. The number of aryl methyl sites for hydroxylation is 1. The molecule has 0 radical (unpaired) electrons. The maximum Gasteiger partial charge on any atom is 0.305 e. The van der Waals surface area contributed by atoms with Crippen LogP contribution in [0.5, 0.6) is 0 Å². The average Bonchev–Trinajstić information content (AvgIpc) is 3.27. The minimum Gasteiger partial charge on any atom is -0.466 e. The smallest absolute Gasteiger partial charge is 0.305 e. The molecule has 0 spiro atoms. The second-order valence-corrected chi connectivity index (χ2v) is 9.24.